The maximum atomic E-state index is 8.67. The summed E-state index contributed by atoms with van der Waals surface area (Å²) in [6.07, 6.45) is 24.5. The Kier molecular flexibility index (Phi) is 10.0. The van der Waals surface area contributed by atoms with E-state index in [9.17, 15) is 0 Å². The Balaban J connectivity index is 1.27. The van der Waals surface area contributed by atoms with Crippen molar-refractivity contribution in [1.82, 2.24) is 0 Å². The second-order valence-electron chi connectivity index (χ2n) is 10.1. The largest absolute Gasteiger partial charge is 0.193 e. The number of hydrogen-bond acceptors (Lipinski definition) is 1. The summed E-state index contributed by atoms with van der Waals surface area (Å²) in [6, 6.07) is 11.7. The van der Waals surface area contributed by atoms with Crippen LogP contribution in [0.5, 0.6) is 0 Å². The monoisotopic (exact) mass is 405 g/mol. The third kappa shape index (κ3) is 7.61. The van der Waals surface area contributed by atoms with Crippen molar-refractivity contribution < 1.29 is 0 Å². The van der Waals surface area contributed by atoms with Crippen LogP contribution in [0.25, 0.3) is 0 Å². The molecule has 0 N–H and O–H groups in total. The molecule has 164 valence electrons. The molecule has 1 heteroatoms. The van der Waals surface area contributed by atoms with Gasteiger partial charge >= 0.3 is 0 Å². The van der Waals surface area contributed by atoms with E-state index in [4.69, 9.17) is 5.26 Å². The summed E-state index contributed by atoms with van der Waals surface area (Å²) in [5.41, 5.74) is 3.11. The van der Waals surface area contributed by atoms with E-state index in [2.05, 4.69) is 43.3 Å². The van der Waals surface area contributed by atoms with Crippen LogP contribution < -0.4 is 0 Å². The van der Waals surface area contributed by atoms with Crippen molar-refractivity contribution in [2.75, 3.05) is 0 Å². The Morgan fingerprint density at radius 2 is 1.43 bits per heavy atom. The number of nitrogens with zero attached hydrogens (tertiary/aromatic N) is 1. The highest BCUT2D eigenvalue weighted by atomic mass is 14.3. The van der Waals surface area contributed by atoms with Crippen LogP contribution in [0.2, 0.25) is 0 Å². The molecule has 0 radical (unpaired) electrons. The van der Waals surface area contributed by atoms with Crippen LogP contribution in [0.1, 0.15) is 114 Å². The van der Waals surface area contributed by atoms with E-state index in [0.29, 0.717) is 5.92 Å². The molecule has 0 unspecified atom stereocenters. The van der Waals surface area contributed by atoms with E-state index >= 15 is 0 Å². The number of unbranched alkanes of at least 4 members (excludes halogenated alkanes) is 2. The third-order valence-electron chi connectivity index (χ3n) is 7.93. The molecular formula is C29H43N. The molecule has 2 aliphatic carbocycles. The van der Waals surface area contributed by atoms with Crippen LogP contribution in [-0.2, 0) is 6.42 Å². The van der Waals surface area contributed by atoms with Crippen molar-refractivity contribution in [1.29, 1.82) is 5.26 Å². The molecule has 0 saturated heterocycles. The van der Waals surface area contributed by atoms with E-state index < -0.39 is 0 Å². The van der Waals surface area contributed by atoms with Crippen molar-refractivity contribution in [3.63, 3.8) is 0 Å². The summed E-state index contributed by atoms with van der Waals surface area (Å²) in [6.45, 7) is 2.27. The second kappa shape index (κ2) is 13.0. The first kappa shape index (κ1) is 23.1. The van der Waals surface area contributed by atoms with Gasteiger partial charge in [0.1, 0.15) is 0 Å². The van der Waals surface area contributed by atoms with Crippen LogP contribution in [0.4, 0.5) is 0 Å². The molecule has 0 atom stereocenters. The Morgan fingerprint density at radius 1 is 0.833 bits per heavy atom. The molecule has 0 aromatic heterocycles. The molecular weight excluding hydrogens is 362 g/mol. The van der Waals surface area contributed by atoms with E-state index in [1.165, 1.54) is 102 Å². The van der Waals surface area contributed by atoms with Gasteiger partial charge in [-0.3, -0.25) is 0 Å². The van der Waals surface area contributed by atoms with Gasteiger partial charge in [-0.25, -0.2) is 0 Å². The van der Waals surface area contributed by atoms with E-state index in [1.807, 2.05) is 0 Å². The molecule has 3 rings (SSSR count). The number of rotatable bonds is 10. The molecule has 1 aromatic carbocycles. The number of benzene rings is 1. The lowest BCUT2D eigenvalue weighted by atomic mass is 9.76. The molecule has 2 fully saturated rings. The molecule has 0 aliphatic heterocycles. The van der Waals surface area contributed by atoms with Gasteiger partial charge < -0.3 is 0 Å². The molecule has 2 aliphatic rings. The molecule has 1 aromatic rings. The third-order valence-corrected chi connectivity index (χ3v) is 7.93. The predicted molar refractivity (Wildman–Crippen MR) is 128 cm³/mol. The normalized spacial score (nSPS) is 27.2. The molecule has 0 bridgehead atoms. The van der Waals surface area contributed by atoms with Crippen molar-refractivity contribution in [2.24, 2.45) is 17.8 Å². The predicted octanol–water partition coefficient (Wildman–Crippen LogP) is 8.75. The minimum Gasteiger partial charge on any atom is -0.193 e. The number of aryl methyl sites for hydroxylation is 1. The molecule has 30 heavy (non-hydrogen) atoms. The first-order valence-corrected chi connectivity index (χ1v) is 12.9. The van der Waals surface area contributed by atoms with Gasteiger partial charge in [0.05, 0.1) is 6.07 Å². The Labute approximate surface area is 186 Å². The summed E-state index contributed by atoms with van der Waals surface area (Å²) in [4.78, 5) is 0. The minimum absolute atomic E-state index is 0.670. The lowest BCUT2D eigenvalue weighted by Crippen LogP contribution is -2.14. The van der Waals surface area contributed by atoms with Gasteiger partial charge in [-0.2, -0.15) is 5.26 Å². The maximum absolute atomic E-state index is 8.67. The van der Waals surface area contributed by atoms with Crippen molar-refractivity contribution in [3.8, 4) is 6.07 Å². The molecule has 1 nitrogen and oxygen atoms in total. The van der Waals surface area contributed by atoms with Crippen molar-refractivity contribution in [2.45, 2.75) is 109 Å². The van der Waals surface area contributed by atoms with Crippen LogP contribution in [-0.4, -0.2) is 0 Å². The van der Waals surface area contributed by atoms with Gasteiger partial charge in [0.15, 0.2) is 0 Å². The summed E-state index contributed by atoms with van der Waals surface area (Å²) >= 11 is 0. The van der Waals surface area contributed by atoms with E-state index in [0.717, 1.165) is 17.8 Å². The second-order valence-corrected chi connectivity index (χ2v) is 10.1. The van der Waals surface area contributed by atoms with Gasteiger partial charge in [0.25, 0.3) is 0 Å². The zero-order chi connectivity index (χ0) is 21.0. The van der Waals surface area contributed by atoms with Crippen molar-refractivity contribution >= 4 is 0 Å². The zero-order valence-corrected chi connectivity index (χ0v) is 19.3. The Hall–Kier alpha value is -1.55. The number of nitriles is 1. The highest BCUT2D eigenvalue weighted by Crippen LogP contribution is 2.38. The fourth-order valence-electron chi connectivity index (χ4n) is 5.84. The SMILES string of the molecule is CCCCc1ccc(C2CCC(CCCCC3CCC(C=CC#N)CC3)CC2)cc1. The average Bonchev–Trinajstić information content (AvgIpc) is 2.81. The van der Waals surface area contributed by atoms with Gasteiger partial charge in [-0.1, -0.05) is 69.4 Å². The van der Waals surface area contributed by atoms with E-state index in [-0.39, 0.29) is 0 Å². The highest BCUT2D eigenvalue weighted by Gasteiger charge is 2.23. The van der Waals surface area contributed by atoms with Crippen LogP contribution in [0.3, 0.4) is 0 Å². The number of allylic oxidation sites excluding steroid dienone is 2. The summed E-state index contributed by atoms with van der Waals surface area (Å²) in [5.74, 6) is 3.42. The maximum Gasteiger partial charge on any atom is 0.0908 e. The van der Waals surface area contributed by atoms with Crippen LogP contribution in [0.15, 0.2) is 36.4 Å². The number of hydrogen-bond donors (Lipinski definition) is 0. The van der Waals surface area contributed by atoms with Gasteiger partial charge in [-0.05, 0) is 99.0 Å². The van der Waals surface area contributed by atoms with Gasteiger partial charge in [0.2, 0.25) is 0 Å². The van der Waals surface area contributed by atoms with Gasteiger partial charge in [-0.15, -0.1) is 0 Å². The Bertz CT molecular complexity index is 649. The van der Waals surface area contributed by atoms with Gasteiger partial charge in [0, 0.05) is 6.08 Å². The molecule has 2 saturated carbocycles. The average molecular weight is 406 g/mol. The quantitative estimate of drug-likeness (QED) is 0.282. The first-order chi connectivity index (χ1) is 14.8. The summed E-state index contributed by atoms with van der Waals surface area (Å²) < 4.78 is 0. The summed E-state index contributed by atoms with van der Waals surface area (Å²) in [5, 5.41) is 8.67. The fourth-order valence-corrected chi connectivity index (χ4v) is 5.84. The lowest BCUT2D eigenvalue weighted by Gasteiger charge is -2.29. The minimum atomic E-state index is 0.670. The van der Waals surface area contributed by atoms with Crippen LogP contribution >= 0.6 is 0 Å². The molecule has 0 heterocycles. The van der Waals surface area contributed by atoms with Crippen LogP contribution in [0, 0.1) is 29.1 Å². The fraction of sp³-hybridized carbons (Fsp3) is 0.690. The molecule has 0 spiro atoms. The topological polar surface area (TPSA) is 23.8 Å². The smallest absolute Gasteiger partial charge is 0.0908 e. The lowest BCUT2D eigenvalue weighted by molar-refractivity contribution is 0.273. The first-order valence-electron chi connectivity index (χ1n) is 12.9. The standard InChI is InChI=1S/C29H43N/c1-2-3-7-24-15-19-28(20-16-24)29-21-17-26(18-22-29)9-5-4-8-25-11-13-27(14-12-25)10-6-23-30/h6,10,15-16,19-20,25-27,29H,2-5,7-9,11-14,17-18,21-22H2,1H3. The summed E-state index contributed by atoms with van der Waals surface area (Å²) in [7, 11) is 0. The van der Waals surface area contributed by atoms with E-state index in [1.54, 1.807) is 11.6 Å². The van der Waals surface area contributed by atoms with Crippen molar-refractivity contribution in [3.05, 3.63) is 47.5 Å². The zero-order valence-electron chi connectivity index (χ0n) is 19.3. The molecule has 0 amide bonds. The Morgan fingerprint density at radius 3 is 2.00 bits per heavy atom. The highest BCUT2D eigenvalue weighted by molar-refractivity contribution is 5.26.